The molecule has 4 aromatic rings. The fourth-order valence-electron chi connectivity index (χ4n) is 3.89. The molecule has 4 rings (SSSR count). The van der Waals surface area contributed by atoms with Crippen LogP contribution in [0, 0.1) is 25.2 Å². The van der Waals surface area contributed by atoms with Crippen molar-refractivity contribution >= 4 is 17.6 Å². The van der Waals surface area contributed by atoms with Crippen LogP contribution in [0.2, 0.25) is 0 Å². The molecule has 184 valence electrons. The second-order valence-corrected chi connectivity index (χ2v) is 7.97. The van der Waals surface area contributed by atoms with Gasteiger partial charge in [-0.15, -0.1) is 0 Å². The van der Waals surface area contributed by atoms with Gasteiger partial charge in [-0.3, -0.25) is 4.79 Å². The Balaban J connectivity index is 1.65. The predicted molar refractivity (Wildman–Crippen MR) is 132 cm³/mol. The molecule has 0 radical (unpaired) electrons. The highest BCUT2D eigenvalue weighted by atomic mass is 16.5. The molecule has 11 nitrogen and oxygen atoms in total. The van der Waals surface area contributed by atoms with Crippen molar-refractivity contribution in [3.05, 3.63) is 59.2 Å². The number of benzene rings is 1. The van der Waals surface area contributed by atoms with Crippen LogP contribution in [0.5, 0.6) is 5.75 Å². The molecule has 0 aliphatic rings. The summed E-state index contributed by atoms with van der Waals surface area (Å²) in [6.45, 7) is 5.85. The standard InChI is InChI=1S/C25H26N8O3/c1-6-36-22(34)11-19-15(2)30-33(16(19)3)21-12-20(27-14-28-21)29-25-24(35-5)23(31-32(25)4)18-9-7-17(13-26)8-10-18/h7-10,12,14H,6,11H2,1-5H3,(H,27,28,29). The number of methoxy groups -OCH3 is 1. The zero-order valence-corrected chi connectivity index (χ0v) is 20.7. The van der Waals surface area contributed by atoms with Crippen molar-refractivity contribution in [3.8, 4) is 28.9 Å². The summed E-state index contributed by atoms with van der Waals surface area (Å²) in [4.78, 5) is 20.7. The normalized spacial score (nSPS) is 10.7. The molecule has 1 N–H and O–H groups in total. The van der Waals surface area contributed by atoms with E-state index in [9.17, 15) is 4.79 Å². The fourth-order valence-corrected chi connectivity index (χ4v) is 3.89. The van der Waals surface area contributed by atoms with Crippen LogP contribution in [-0.2, 0) is 23.0 Å². The van der Waals surface area contributed by atoms with Gasteiger partial charge in [-0.2, -0.15) is 15.5 Å². The third-order valence-electron chi connectivity index (χ3n) is 5.68. The molecular formula is C25H26N8O3. The Morgan fingerprint density at radius 3 is 2.58 bits per heavy atom. The lowest BCUT2D eigenvalue weighted by Crippen LogP contribution is -2.09. The van der Waals surface area contributed by atoms with Gasteiger partial charge in [0.15, 0.2) is 17.4 Å². The first kappa shape index (κ1) is 24.4. The van der Waals surface area contributed by atoms with Crippen LogP contribution < -0.4 is 10.1 Å². The molecule has 0 saturated heterocycles. The number of hydrogen-bond donors (Lipinski definition) is 1. The minimum Gasteiger partial charge on any atom is -0.491 e. The van der Waals surface area contributed by atoms with E-state index in [-0.39, 0.29) is 12.4 Å². The lowest BCUT2D eigenvalue weighted by molar-refractivity contribution is -0.142. The average molecular weight is 487 g/mol. The third-order valence-corrected chi connectivity index (χ3v) is 5.68. The zero-order valence-electron chi connectivity index (χ0n) is 20.7. The van der Waals surface area contributed by atoms with Gasteiger partial charge in [0.25, 0.3) is 0 Å². The molecule has 0 aliphatic heterocycles. The summed E-state index contributed by atoms with van der Waals surface area (Å²) in [6, 6.07) is 11.0. The van der Waals surface area contributed by atoms with Crippen LogP contribution in [-0.4, -0.2) is 49.2 Å². The second kappa shape index (κ2) is 10.3. The molecule has 36 heavy (non-hydrogen) atoms. The first-order chi connectivity index (χ1) is 17.4. The first-order valence-corrected chi connectivity index (χ1v) is 11.3. The molecule has 3 heterocycles. The topological polar surface area (TPSA) is 133 Å². The molecular weight excluding hydrogens is 460 g/mol. The maximum absolute atomic E-state index is 12.0. The number of rotatable bonds is 8. The van der Waals surface area contributed by atoms with Crippen molar-refractivity contribution in [3.63, 3.8) is 0 Å². The number of aryl methyl sites for hydroxylation is 2. The molecule has 0 bridgehead atoms. The van der Waals surface area contributed by atoms with Gasteiger partial charge in [-0.25, -0.2) is 19.3 Å². The fraction of sp³-hybridized carbons (Fsp3) is 0.280. The molecule has 0 spiro atoms. The summed E-state index contributed by atoms with van der Waals surface area (Å²) >= 11 is 0. The molecule has 3 aromatic heterocycles. The molecule has 11 heteroatoms. The molecule has 0 aliphatic carbocycles. The van der Waals surface area contributed by atoms with Crippen LogP contribution in [0.4, 0.5) is 11.6 Å². The number of anilines is 2. The van der Waals surface area contributed by atoms with Crippen LogP contribution in [0.3, 0.4) is 0 Å². The minimum absolute atomic E-state index is 0.145. The van der Waals surface area contributed by atoms with Crippen LogP contribution in [0.1, 0.15) is 29.4 Å². The van der Waals surface area contributed by atoms with Gasteiger partial charge in [-0.05, 0) is 32.9 Å². The molecule has 1 aromatic carbocycles. The molecule has 0 amide bonds. The Morgan fingerprint density at radius 2 is 1.92 bits per heavy atom. The van der Waals surface area contributed by atoms with Crippen LogP contribution >= 0.6 is 0 Å². The third kappa shape index (κ3) is 4.74. The Kier molecular flexibility index (Phi) is 6.96. The van der Waals surface area contributed by atoms with E-state index in [4.69, 9.17) is 14.7 Å². The second-order valence-electron chi connectivity index (χ2n) is 7.97. The highest BCUT2D eigenvalue weighted by molar-refractivity contribution is 5.76. The number of carbonyl (C=O) groups excluding carboxylic acids is 1. The lowest BCUT2D eigenvalue weighted by Gasteiger charge is -2.10. The van der Waals surface area contributed by atoms with E-state index >= 15 is 0 Å². The van der Waals surface area contributed by atoms with Crippen molar-refractivity contribution in [2.24, 2.45) is 7.05 Å². The van der Waals surface area contributed by atoms with E-state index in [0.717, 1.165) is 22.5 Å². The van der Waals surface area contributed by atoms with Crippen molar-refractivity contribution in [1.82, 2.24) is 29.5 Å². The van der Waals surface area contributed by atoms with E-state index in [2.05, 4.69) is 31.6 Å². The van der Waals surface area contributed by atoms with E-state index in [1.807, 2.05) is 26.0 Å². The first-order valence-electron chi connectivity index (χ1n) is 11.3. The summed E-state index contributed by atoms with van der Waals surface area (Å²) in [7, 11) is 3.37. The van der Waals surface area contributed by atoms with E-state index in [0.29, 0.717) is 41.1 Å². The number of esters is 1. The van der Waals surface area contributed by atoms with Gasteiger partial charge in [0.1, 0.15) is 17.8 Å². The van der Waals surface area contributed by atoms with Crippen molar-refractivity contribution in [2.75, 3.05) is 19.0 Å². The molecule has 0 unspecified atom stereocenters. The van der Waals surface area contributed by atoms with Gasteiger partial charge in [0.05, 0.1) is 37.5 Å². The smallest absolute Gasteiger partial charge is 0.310 e. The SMILES string of the molecule is CCOC(=O)Cc1c(C)nn(-c2cc(Nc3c(OC)c(-c4ccc(C#N)cc4)nn3C)ncn2)c1C. The zero-order chi connectivity index (χ0) is 25.8. The van der Waals surface area contributed by atoms with Crippen LogP contribution in [0.25, 0.3) is 17.1 Å². The van der Waals surface area contributed by atoms with Gasteiger partial charge in [0, 0.05) is 29.9 Å². The summed E-state index contributed by atoms with van der Waals surface area (Å²) in [5.74, 6) is 1.88. The minimum atomic E-state index is -0.297. The Labute approximate surface area is 208 Å². The Hall–Kier alpha value is -4.72. The number of nitriles is 1. The van der Waals surface area contributed by atoms with Gasteiger partial charge >= 0.3 is 5.97 Å². The van der Waals surface area contributed by atoms with E-state index < -0.39 is 0 Å². The molecule has 0 fully saturated rings. The number of ether oxygens (including phenoxy) is 2. The number of aromatic nitrogens is 6. The van der Waals surface area contributed by atoms with Crippen molar-refractivity contribution < 1.29 is 14.3 Å². The van der Waals surface area contributed by atoms with E-state index in [1.165, 1.54) is 6.33 Å². The van der Waals surface area contributed by atoms with Crippen molar-refractivity contribution in [1.29, 1.82) is 5.26 Å². The maximum Gasteiger partial charge on any atom is 0.310 e. The van der Waals surface area contributed by atoms with E-state index in [1.54, 1.807) is 48.6 Å². The number of hydrogen-bond acceptors (Lipinski definition) is 9. The average Bonchev–Trinajstić information content (AvgIpc) is 3.34. The monoisotopic (exact) mass is 486 g/mol. The summed E-state index contributed by atoms with van der Waals surface area (Å²) in [5.41, 5.74) is 4.34. The van der Waals surface area contributed by atoms with Gasteiger partial charge < -0.3 is 14.8 Å². The largest absolute Gasteiger partial charge is 0.491 e. The Morgan fingerprint density at radius 1 is 1.17 bits per heavy atom. The summed E-state index contributed by atoms with van der Waals surface area (Å²) < 4.78 is 14.1. The van der Waals surface area contributed by atoms with Gasteiger partial charge in [0.2, 0.25) is 0 Å². The molecule has 0 saturated carbocycles. The lowest BCUT2D eigenvalue weighted by atomic mass is 10.1. The maximum atomic E-state index is 12.0. The van der Waals surface area contributed by atoms with Gasteiger partial charge in [-0.1, -0.05) is 12.1 Å². The summed E-state index contributed by atoms with van der Waals surface area (Å²) in [6.07, 6.45) is 1.58. The molecule has 0 atom stereocenters. The summed E-state index contributed by atoms with van der Waals surface area (Å²) in [5, 5.41) is 21.5. The number of carbonyl (C=O) groups is 1. The number of nitrogens with zero attached hydrogens (tertiary/aromatic N) is 7. The number of nitrogens with one attached hydrogen (secondary N) is 1. The highest BCUT2D eigenvalue weighted by Crippen LogP contribution is 2.37. The Bertz CT molecular complexity index is 1450. The van der Waals surface area contributed by atoms with Crippen LogP contribution in [0.15, 0.2) is 36.7 Å². The highest BCUT2D eigenvalue weighted by Gasteiger charge is 2.21. The quantitative estimate of drug-likeness (QED) is 0.372. The van der Waals surface area contributed by atoms with Crippen molar-refractivity contribution in [2.45, 2.75) is 27.2 Å². The predicted octanol–water partition coefficient (Wildman–Crippen LogP) is 3.41.